The molecule has 0 bridgehead atoms. The van der Waals surface area contributed by atoms with Crippen LogP contribution >= 0.6 is 0 Å². The third-order valence-electron chi connectivity index (χ3n) is 1.44. The van der Waals surface area contributed by atoms with Crippen LogP contribution in [-0.2, 0) is 0 Å². The van der Waals surface area contributed by atoms with Gasteiger partial charge in [0.1, 0.15) is 0 Å². The van der Waals surface area contributed by atoms with Gasteiger partial charge in [0, 0.05) is 6.07 Å². The SMILES string of the molecule is O=C(NC(CO)CO)c1ccno1. The molecule has 0 fully saturated rings. The summed E-state index contributed by atoms with van der Waals surface area (Å²) >= 11 is 0. The monoisotopic (exact) mass is 186 g/mol. The van der Waals surface area contributed by atoms with Crippen LogP contribution in [0.15, 0.2) is 16.8 Å². The molecule has 1 rings (SSSR count). The van der Waals surface area contributed by atoms with Gasteiger partial charge in [-0.2, -0.15) is 0 Å². The van der Waals surface area contributed by atoms with E-state index in [1.165, 1.54) is 12.3 Å². The third kappa shape index (κ3) is 2.53. The summed E-state index contributed by atoms with van der Waals surface area (Å²) in [7, 11) is 0. The fourth-order valence-corrected chi connectivity index (χ4v) is 0.738. The second-order valence-electron chi connectivity index (χ2n) is 2.41. The molecule has 0 aliphatic heterocycles. The van der Waals surface area contributed by atoms with E-state index in [1.54, 1.807) is 0 Å². The number of rotatable bonds is 4. The number of nitrogens with one attached hydrogen (secondary N) is 1. The highest BCUT2D eigenvalue weighted by Gasteiger charge is 2.14. The Hall–Kier alpha value is -1.40. The lowest BCUT2D eigenvalue weighted by Gasteiger charge is -2.10. The maximum Gasteiger partial charge on any atom is 0.290 e. The minimum Gasteiger partial charge on any atom is -0.394 e. The zero-order valence-corrected chi connectivity index (χ0v) is 6.80. The Morgan fingerprint density at radius 1 is 1.62 bits per heavy atom. The molecule has 6 nitrogen and oxygen atoms in total. The summed E-state index contributed by atoms with van der Waals surface area (Å²) in [6.07, 6.45) is 1.34. The molecule has 6 heteroatoms. The van der Waals surface area contributed by atoms with E-state index >= 15 is 0 Å². The Morgan fingerprint density at radius 3 is 2.77 bits per heavy atom. The zero-order chi connectivity index (χ0) is 9.68. The van der Waals surface area contributed by atoms with Crippen molar-refractivity contribution in [2.24, 2.45) is 0 Å². The van der Waals surface area contributed by atoms with Crippen LogP contribution in [0, 0.1) is 0 Å². The maximum atomic E-state index is 11.2. The molecule has 0 atom stereocenters. The molecule has 1 aromatic heterocycles. The van der Waals surface area contributed by atoms with Crippen molar-refractivity contribution in [1.29, 1.82) is 0 Å². The fraction of sp³-hybridized carbons (Fsp3) is 0.429. The molecular weight excluding hydrogens is 176 g/mol. The number of aromatic nitrogens is 1. The molecule has 72 valence electrons. The van der Waals surface area contributed by atoms with E-state index in [2.05, 4.69) is 15.0 Å². The number of hydrogen-bond acceptors (Lipinski definition) is 5. The van der Waals surface area contributed by atoms with Crippen molar-refractivity contribution in [3.63, 3.8) is 0 Å². The first kappa shape index (κ1) is 9.69. The van der Waals surface area contributed by atoms with Crippen LogP contribution in [0.25, 0.3) is 0 Å². The van der Waals surface area contributed by atoms with E-state index < -0.39 is 11.9 Å². The van der Waals surface area contributed by atoms with E-state index in [-0.39, 0.29) is 19.0 Å². The predicted molar refractivity (Wildman–Crippen MR) is 41.9 cm³/mol. The van der Waals surface area contributed by atoms with Gasteiger partial charge < -0.3 is 20.1 Å². The lowest BCUT2D eigenvalue weighted by molar-refractivity contribution is 0.0843. The standard InChI is InChI=1S/C7H10N2O4/c10-3-5(4-11)9-7(12)6-1-2-8-13-6/h1-2,5,10-11H,3-4H2,(H,9,12). The Morgan fingerprint density at radius 2 is 2.31 bits per heavy atom. The average Bonchev–Trinajstić information content (AvgIpc) is 2.66. The summed E-state index contributed by atoms with van der Waals surface area (Å²) in [5.41, 5.74) is 0. The molecule has 0 aliphatic rings. The highest BCUT2D eigenvalue weighted by molar-refractivity contribution is 5.91. The Bertz CT molecular complexity index is 255. The summed E-state index contributed by atoms with van der Waals surface area (Å²) in [6.45, 7) is -0.646. The van der Waals surface area contributed by atoms with Gasteiger partial charge in [0.15, 0.2) is 0 Å². The van der Waals surface area contributed by atoms with Crippen LogP contribution in [-0.4, -0.2) is 40.5 Å². The highest BCUT2D eigenvalue weighted by Crippen LogP contribution is 1.96. The summed E-state index contributed by atoms with van der Waals surface area (Å²) < 4.78 is 4.56. The topological polar surface area (TPSA) is 95.6 Å². The molecule has 1 aromatic rings. The largest absolute Gasteiger partial charge is 0.394 e. The average molecular weight is 186 g/mol. The number of hydrogen-bond donors (Lipinski definition) is 3. The number of aliphatic hydroxyl groups excluding tert-OH is 2. The molecule has 1 heterocycles. The van der Waals surface area contributed by atoms with Crippen molar-refractivity contribution in [2.75, 3.05) is 13.2 Å². The molecule has 0 saturated carbocycles. The number of amides is 1. The zero-order valence-electron chi connectivity index (χ0n) is 6.80. The van der Waals surface area contributed by atoms with Crippen LogP contribution in [0.4, 0.5) is 0 Å². The quantitative estimate of drug-likeness (QED) is 0.546. The molecule has 0 aliphatic carbocycles. The van der Waals surface area contributed by atoms with Gasteiger partial charge in [-0.25, -0.2) is 0 Å². The third-order valence-corrected chi connectivity index (χ3v) is 1.44. The highest BCUT2D eigenvalue weighted by atomic mass is 16.5. The van der Waals surface area contributed by atoms with Gasteiger partial charge in [-0.1, -0.05) is 5.16 Å². The van der Waals surface area contributed by atoms with Crippen molar-refractivity contribution in [1.82, 2.24) is 10.5 Å². The fourth-order valence-electron chi connectivity index (χ4n) is 0.738. The molecule has 0 aromatic carbocycles. The number of nitrogens with zero attached hydrogens (tertiary/aromatic N) is 1. The van der Waals surface area contributed by atoms with Gasteiger partial charge >= 0.3 is 0 Å². The predicted octanol–water partition coefficient (Wildman–Crippen LogP) is -1.24. The van der Waals surface area contributed by atoms with E-state index in [1.807, 2.05) is 0 Å². The Kier molecular flexibility index (Phi) is 3.41. The summed E-state index contributed by atoms with van der Waals surface area (Å²) in [5.74, 6) is -0.461. The number of carbonyl (C=O) groups excluding carboxylic acids is 1. The van der Waals surface area contributed by atoms with Crippen molar-refractivity contribution in [3.8, 4) is 0 Å². The van der Waals surface area contributed by atoms with Crippen LogP contribution in [0.2, 0.25) is 0 Å². The minimum absolute atomic E-state index is 0.0481. The molecule has 1 amide bonds. The molecule has 3 N–H and O–H groups in total. The Balaban J connectivity index is 2.50. The van der Waals surface area contributed by atoms with Crippen molar-refractivity contribution < 1.29 is 19.5 Å². The van der Waals surface area contributed by atoms with Gasteiger partial charge in [0.2, 0.25) is 5.76 Å². The molecule has 0 saturated heterocycles. The van der Waals surface area contributed by atoms with E-state index in [9.17, 15) is 4.79 Å². The molecule has 0 unspecified atom stereocenters. The minimum atomic E-state index is -0.669. The molecule has 13 heavy (non-hydrogen) atoms. The molecular formula is C7H10N2O4. The van der Waals surface area contributed by atoms with Gasteiger partial charge in [0.05, 0.1) is 25.5 Å². The smallest absolute Gasteiger partial charge is 0.290 e. The van der Waals surface area contributed by atoms with Crippen LogP contribution in [0.3, 0.4) is 0 Å². The first-order valence-electron chi connectivity index (χ1n) is 3.71. The summed E-state index contributed by atoms with van der Waals surface area (Å²) in [6, 6.07) is 0.721. The van der Waals surface area contributed by atoms with E-state index in [0.29, 0.717) is 0 Å². The van der Waals surface area contributed by atoms with Gasteiger partial charge in [-0.3, -0.25) is 4.79 Å². The lowest BCUT2D eigenvalue weighted by atomic mass is 10.3. The second kappa shape index (κ2) is 4.58. The lowest BCUT2D eigenvalue weighted by Crippen LogP contribution is -2.39. The van der Waals surface area contributed by atoms with Gasteiger partial charge in [-0.05, 0) is 0 Å². The van der Waals surface area contributed by atoms with Crippen molar-refractivity contribution in [3.05, 3.63) is 18.0 Å². The van der Waals surface area contributed by atoms with Crippen LogP contribution in [0.1, 0.15) is 10.6 Å². The van der Waals surface area contributed by atoms with Crippen molar-refractivity contribution in [2.45, 2.75) is 6.04 Å². The van der Waals surface area contributed by atoms with Crippen LogP contribution < -0.4 is 5.32 Å². The Labute approximate surface area is 74.2 Å². The summed E-state index contributed by atoms with van der Waals surface area (Å²) in [5, 5.41) is 23.0. The van der Waals surface area contributed by atoms with Gasteiger partial charge in [-0.15, -0.1) is 0 Å². The van der Waals surface area contributed by atoms with Gasteiger partial charge in [0.25, 0.3) is 5.91 Å². The molecule has 0 radical (unpaired) electrons. The maximum absolute atomic E-state index is 11.2. The molecule has 0 spiro atoms. The van der Waals surface area contributed by atoms with Crippen LogP contribution in [0.5, 0.6) is 0 Å². The summed E-state index contributed by atoms with van der Waals surface area (Å²) in [4.78, 5) is 11.2. The number of carbonyl (C=O) groups is 1. The van der Waals surface area contributed by atoms with Crippen molar-refractivity contribution >= 4 is 5.91 Å². The van der Waals surface area contributed by atoms with E-state index in [4.69, 9.17) is 10.2 Å². The first-order valence-corrected chi connectivity index (χ1v) is 3.71. The first-order chi connectivity index (χ1) is 6.27. The normalized spacial score (nSPS) is 10.4. The number of aliphatic hydroxyl groups is 2. The van der Waals surface area contributed by atoms with E-state index in [0.717, 1.165) is 0 Å². The second-order valence-corrected chi connectivity index (χ2v) is 2.41.